The standard InChI is InChI=1S/C30H51NO22/c1-8-11(36)4-30(29(45)46,52-22(8)17(39)12(37)5-32)53-25-18(40)13(6-33)49-28(21(25)43)50-23-14(7-34)48-26(44)15(31-10(3)35)24(23)51-27-20(42)19(41)16(38)9(2)47-27/h8-9,11-28,32-34,36-44H,4-7H2,1-3H3,(H,31,35)(H,45,46)/t8?,9?,11?,12-,13?,14?,15?,16?,17?,18?,19?,20?,21?,22?,23?,24?,25?,26?,27?,28?,30?/m1/s1. The van der Waals surface area contributed by atoms with Gasteiger partial charge in [-0.25, -0.2) is 4.79 Å². The molecule has 4 saturated heterocycles. The Hall–Kier alpha value is -1.82. The van der Waals surface area contributed by atoms with Crippen LogP contribution < -0.4 is 5.32 Å². The van der Waals surface area contributed by atoms with Crippen molar-refractivity contribution >= 4 is 11.9 Å². The second kappa shape index (κ2) is 18.0. The lowest BCUT2D eigenvalue weighted by Crippen LogP contribution is -2.70. The predicted molar refractivity (Wildman–Crippen MR) is 164 cm³/mol. The first kappa shape index (κ1) is 43.9. The van der Waals surface area contributed by atoms with E-state index < -0.39 is 166 Å². The smallest absolute Gasteiger partial charge is 0.364 e. The van der Waals surface area contributed by atoms with Gasteiger partial charge in [-0.1, -0.05) is 6.92 Å². The van der Waals surface area contributed by atoms with E-state index >= 15 is 0 Å². The number of aliphatic carboxylic acids is 1. The summed E-state index contributed by atoms with van der Waals surface area (Å²) in [5.41, 5.74) is 0. The zero-order chi connectivity index (χ0) is 39.7. The molecule has 0 spiro atoms. The number of hydrogen-bond donors (Lipinski definition) is 14. The van der Waals surface area contributed by atoms with Crippen molar-refractivity contribution in [1.29, 1.82) is 0 Å². The Bertz CT molecular complexity index is 1220. The van der Waals surface area contributed by atoms with Gasteiger partial charge in [0.05, 0.1) is 38.1 Å². The summed E-state index contributed by atoms with van der Waals surface area (Å²) in [5.74, 6) is -6.66. The van der Waals surface area contributed by atoms with Gasteiger partial charge < -0.3 is 105 Å². The Morgan fingerprint density at radius 1 is 0.792 bits per heavy atom. The number of nitrogens with one attached hydrogen (secondary N) is 1. The molecule has 20 unspecified atom stereocenters. The summed E-state index contributed by atoms with van der Waals surface area (Å²) in [6, 6.07) is -1.59. The zero-order valence-corrected chi connectivity index (χ0v) is 28.9. The monoisotopic (exact) mass is 777 g/mol. The number of carbonyl (C=O) groups excluding carboxylic acids is 1. The van der Waals surface area contributed by atoms with E-state index in [0.29, 0.717) is 0 Å². The molecule has 308 valence electrons. The largest absolute Gasteiger partial charge is 0.477 e. The molecular weight excluding hydrogens is 726 g/mol. The predicted octanol–water partition coefficient (Wildman–Crippen LogP) is -8.10. The zero-order valence-electron chi connectivity index (χ0n) is 28.9. The topological polar surface area (TPSA) is 374 Å². The van der Waals surface area contributed by atoms with E-state index in [9.17, 15) is 76.0 Å². The van der Waals surface area contributed by atoms with Crippen LogP contribution in [0.25, 0.3) is 0 Å². The fourth-order valence-corrected chi connectivity index (χ4v) is 6.77. The molecule has 0 aromatic rings. The number of hydrogen-bond acceptors (Lipinski definition) is 21. The molecule has 4 heterocycles. The molecule has 0 bridgehead atoms. The van der Waals surface area contributed by atoms with Crippen molar-refractivity contribution in [1.82, 2.24) is 5.32 Å². The van der Waals surface area contributed by atoms with Crippen molar-refractivity contribution in [3.63, 3.8) is 0 Å². The minimum Gasteiger partial charge on any atom is -0.477 e. The first-order chi connectivity index (χ1) is 24.8. The van der Waals surface area contributed by atoms with Gasteiger partial charge in [0.2, 0.25) is 5.91 Å². The van der Waals surface area contributed by atoms with Crippen LogP contribution in [0.15, 0.2) is 0 Å². The van der Waals surface area contributed by atoms with E-state index in [4.69, 9.17) is 33.2 Å². The van der Waals surface area contributed by atoms with Gasteiger partial charge in [0.1, 0.15) is 79.3 Å². The molecule has 21 atom stereocenters. The number of amides is 1. The molecule has 4 aliphatic heterocycles. The second-order valence-corrected chi connectivity index (χ2v) is 13.7. The SMILES string of the molecule is CC(=O)NC1C(O)OC(CO)C(OC2OC(CO)C(O)C(OC3(C(=O)O)CC(O)C(C)C(C(O)[C@H](O)CO)O3)C2O)C1OC1OC(C)C(O)C(O)C1O. The van der Waals surface area contributed by atoms with E-state index in [1.165, 1.54) is 13.8 Å². The van der Waals surface area contributed by atoms with E-state index in [1.807, 2.05) is 0 Å². The van der Waals surface area contributed by atoms with Gasteiger partial charge >= 0.3 is 5.97 Å². The molecule has 14 N–H and O–H groups in total. The van der Waals surface area contributed by atoms with Crippen LogP contribution in [0.1, 0.15) is 27.2 Å². The highest BCUT2D eigenvalue weighted by Gasteiger charge is 2.60. The molecule has 4 rings (SSSR count). The molecule has 4 aliphatic rings. The Labute approximate surface area is 301 Å². The van der Waals surface area contributed by atoms with E-state index in [-0.39, 0.29) is 0 Å². The number of carbonyl (C=O) groups is 2. The average Bonchev–Trinajstić information content (AvgIpc) is 3.11. The first-order valence-electron chi connectivity index (χ1n) is 16.9. The normalized spacial score (nSPS) is 47.8. The number of carboxylic acid groups (broad SMARTS) is 1. The maximum absolute atomic E-state index is 12.7. The highest BCUT2D eigenvalue weighted by Crippen LogP contribution is 2.40. The molecule has 0 radical (unpaired) electrons. The van der Waals surface area contributed by atoms with Gasteiger partial charge in [-0.2, -0.15) is 0 Å². The van der Waals surface area contributed by atoms with Crippen molar-refractivity contribution in [2.24, 2.45) is 5.92 Å². The summed E-state index contributed by atoms with van der Waals surface area (Å²) in [6.07, 6.45) is -33.3. The second-order valence-electron chi connectivity index (χ2n) is 13.7. The Balaban J connectivity index is 1.69. The van der Waals surface area contributed by atoms with Crippen LogP contribution in [-0.2, 0) is 42.7 Å². The highest BCUT2D eigenvalue weighted by molar-refractivity contribution is 5.76. The Morgan fingerprint density at radius 3 is 1.96 bits per heavy atom. The van der Waals surface area contributed by atoms with Gasteiger partial charge in [0.15, 0.2) is 18.9 Å². The maximum atomic E-state index is 12.7. The van der Waals surface area contributed by atoms with Crippen LogP contribution in [0.4, 0.5) is 0 Å². The average molecular weight is 778 g/mol. The number of aliphatic hydroxyl groups is 12. The molecule has 23 nitrogen and oxygen atoms in total. The van der Waals surface area contributed by atoms with Crippen molar-refractivity contribution in [3.05, 3.63) is 0 Å². The van der Waals surface area contributed by atoms with Crippen molar-refractivity contribution in [2.45, 2.75) is 149 Å². The molecule has 4 fully saturated rings. The third-order valence-corrected chi connectivity index (χ3v) is 9.93. The van der Waals surface area contributed by atoms with Crippen LogP contribution in [-0.4, -0.2) is 220 Å². The summed E-state index contributed by atoms with van der Waals surface area (Å²) in [6.45, 7) is 0.839. The number of carboxylic acids is 1. The van der Waals surface area contributed by atoms with Gasteiger partial charge in [0.25, 0.3) is 5.79 Å². The van der Waals surface area contributed by atoms with Crippen LogP contribution in [0.5, 0.6) is 0 Å². The van der Waals surface area contributed by atoms with E-state index in [0.717, 1.165) is 6.92 Å². The minimum atomic E-state index is -2.95. The number of ether oxygens (including phenoxy) is 7. The fraction of sp³-hybridized carbons (Fsp3) is 0.933. The fourth-order valence-electron chi connectivity index (χ4n) is 6.77. The lowest BCUT2D eigenvalue weighted by Gasteiger charge is -2.51. The molecule has 0 aliphatic carbocycles. The van der Waals surface area contributed by atoms with Gasteiger partial charge in [-0.3, -0.25) is 4.79 Å². The lowest BCUT2D eigenvalue weighted by atomic mass is 9.84. The van der Waals surface area contributed by atoms with Crippen LogP contribution in [0.3, 0.4) is 0 Å². The van der Waals surface area contributed by atoms with Crippen LogP contribution in [0, 0.1) is 5.92 Å². The summed E-state index contributed by atoms with van der Waals surface area (Å²) >= 11 is 0. The lowest BCUT2D eigenvalue weighted by molar-refractivity contribution is -0.391. The maximum Gasteiger partial charge on any atom is 0.364 e. The first-order valence-corrected chi connectivity index (χ1v) is 16.9. The number of rotatable bonds is 13. The Morgan fingerprint density at radius 2 is 1.40 bits per heavy atom. The van der Waals surface area contributed by atoms with Crippen molar-refractivity contribution in [2.75, 3.05) is 19.8 Å². The Kier molecular flexibility index (Phi) is 14.9. The van der Waals surface area contributed by atoms with Crippen LogP contribution >= 0.6 is 0 Å². The molecule has 53 heavy (non-hydrogen) atoms. The highest BCUT2D eigenvalue weighted by atomic mass is 16.8. The summed E-state index contributed by atoms with van der Waals surface area (Å²) < 4.78 is 39.7. The minimum absolute atomic E-state index is 0.745. The van der Waals surface area contributed by atoms with Gasteiger partial charge in [-0.05, 0) is 6.92 Å². The van der Waals surface area contributed by atoms with E-state index in [1.54, 1.807) is 0 Å². The van der Waals surface area contributed by atoms with Gasteiger partial charge in [0, 0.05) is 19.3 Å². The molecule has 1 amide bonds. The quantitative estimate of drug-likeness (QED) is 0.0825. The summed E-state index contributed by atoms with van der Waals surface area (Å²) in [7, 11) is 0. The third kappa shape index (κ3) is 9.09. The molecular formula is C30H51NO22. The molecule has 0 saturated carbocycles. The van der Waals surface area contributed by atoms with Crippen molar-refractivity contribution in [3.8, 4) is 0 Å². The number of aliphatic hydroxyl groups excluding tert-OH is 12. The summed E-state index contributed by atoms with van der Waals surface area (Å²) in [5, 5.41) is 138. The third-order valence-electron chi connectivity index (χ3n) is 9.93. The molecule has 0 aromatic carbocycles. The van der Waals surface area contributed by atoms with Crippen molar-refractivity contribution < 1.29 is 109 Å². The van der Waals surface area contributed by atoms with E-state index in [2.05, 4.69) is 5.32 Å². The van der Waals surface area contributed by atoms with Crippen LogP contribution in [0.2, 0.25) is 0 Å². The summed E-state index contributed by atoms with van der Waals surface area (Å²) in [4.78, 5) is 24.9. The molecule has 23 heteroatoms. The molecule has 0 aromatic heterocycles. The van der Waals surface area contributed by atoms with Gasteiger partial charge in [-0.15, -0.1) is 0 Å².